The number of amides is 2. The van der Waals surface area contributed by atoms with Crippen LogP contribution in [0.1, 0.15) is 63.5 Å². The Bertz CT molecular complexity index is 1210. The highest BCUT2D eigenvalue weighted by Crippen LogP contribution is 2.20. The third-order valence-electron chi connectivity index (χ3n) is 6.76. The molecule has 0 aromatic heterocycles. The van der Waals surface area contributed by atoms with Gasteiger partial charge in [0.25, 0.3) is 0 Å². The SMILES string of the molecule is CCNS(=O)(=O)c1ccc(CCC(=O)N(Cc2ccc(Cl)cc2)C(C)C(=O)NCCC2=CCCCC2)cc1. The van der Waals surface area contributed by atoms with Crippen molar-refractivity contribution in [1.29, 1.82) is 0 Å². The lowest BCUT2D eigenvalue weighted by atomic mass is 9.97. The van der Waals surface area contributed by atoms with Crippen LogP contribution in [0.2, 0.25) is 5.02 Å². The molecular weight excluding hydrogens is 522 g/mol. The smallest absolute Gasteiger partial charge is 0.242 e. The average molecular weight is 560 g/mol. The molecule has 0 saturated heterocycles. The van der Waals surface area contributed by atoms with Gasteiger partial charge in [0.15, 0.2) is 0 Å². The molecule has 0 radical (unpaired) electrons. The molecule has 1 unspecified atom stereocenters. The normalized spacial score (nSPS) is 14.4. The molecular formula is C29H38ClN3O4S. The van der Waals surface area contributed by atoms with Crippen LogP contribution in [0.25, 0.3) is 0 Å². The standard InChI is InChI=1S/C29H38ClN3O4S/c1-3-32-38(36,37)27-16-11-24(12-17-27)13-18-28(34)33(21-25-9-14-26(30)15-10-25)22(2)29(35)31-20-19-23-7-5-4-6-8-23/h7,9-12,14-17,22,32H,3-6,8,13,18-21H2,1-2H3,(H,31,35). The molecule has 2 N–H and O–H groups in total. The molecule has 206 valence electrons. The maximum atomic E-state index is 13.4. The summed E-state index contributed by atoms with van der Waals surface area (Å²) >= 11 is 6.03. The summed E-state index contributed by atoms with van der Waals surface area (Å²) in [6, 6.07) is 13.1. The lowest BCUT2D eigenvalue weighted by molar-refractivity contribution is -0.140. The molecule has 2 aromatic carbocycles. The molecule has 0 heterocycles. The quantitative estimate of drug-likeness (QED) is 0.338. The Hall–Kier alpha value is -2.68. The number of aryl methyl sites for hydroxylation is 1. The molecule has 1 atom stereocenters. The van der Waals surface area contributed by atoms with Gasteiger partial charge in [-0.2, -0.15) is 0 Å². The van der Waals surface area contributed by atoms with Gasteiger partial charge in [0.05, 0.1) is 4.90 Å². The zero-order valence-corrected chi connectivity index (χ0v) is 23.8. The molecule has 1 aliphatic rings. The van der Waals surface area contributed by atoms with E-state index in [-0.39, 0.29) is 29.7 Å². The summed E-state index contributed by atoms with van der Waals surface area (Å²) in [6.45, 7) is 4.63. The zero-order valence-electron chi connectivity index (χ0n) is 22.2. The number of benzene rings is 2. The van der Waals surface area contributed by atoms with Gasteiger partial charge in [-0.15, -0.1) is 0 Å². The lowest BCUT2D eigenvalue weighted by Crippen LogP contribution is -2.47. The topological polar surface area (TPSA) is 95.6 Å². The Morgan fingerprint density at radius 2 is 1.68 bits per heavy atom. The molecule has 1 aliphatic carbocycles. The predicted octanol–water partition coefficient (Wildman–Crippen LogP) is 4.99. The number of carbonyl (C=O) groups excluding carboxylic acids is 2. The maximum Gasteiger partial charge on any atom is 0.242 e. The van der Waals surface area contributed by atoms with Gasteiger partial charge in [0.2, 0.25) is 21.8 Å². The van der Waals surface area contributed by atoms with E-state index >= 15 is 0 Å². The fourth-order valence-corrected chi connectivity index (χ4v) is 5.67. The Morgan fingerprint density at radius 1 is 1.00 bits per heavy atom. The minimum Gasteiger partial charge on any atom is -0.354 e. The zero-order chi connectivity index (χ0) is 27.5. The van der Waals surface area contributed by atoms with Crippen LogP contribution in [-0.2, 0) is 32.6 Å². The second-order valence-corrected chi connectivity index (χ2v) is 11.8. The Kier molecular flexibility index (Phi) is 11.4. The average Bonchev–Trinajstić information content (AvgIpc) is 2.91. The molecule has 0 saturated carbocycles. The molecule has 2 amide bonds. The van der Waals surface area contributed by atoms with Crippen LogP contribution in [0.15, 0.2) is 65.1 Å². The minimum atomic E-state index is -3.53. The fourth-order valence-electron chi connectivity index (χ4n) is 4.50. The third kappa shape index (κ3) is 8.96. The highest BCUT2D eigenvalue weighted by atomic mass is 35.5. The highest BCUT2D eigenvalue weighted by Gasteiger charge is 2.26. The molecule has 3 rings (SSSR count). The first kappa shape index (κ1) is 29.9. The van der Waals surface area contributed by atoms with Crippen molar-refractivity contribution in [2.45, 2.75) is 76.3 Å². The molecule has 0 fully saturated rings. The van der Waals surface area contributed by atoms with Crippen molar-refractivity contribution < 1.29 is 18.0 Å². The molecule has 0 aliphatic heterocycles. The van der Waals surface area contributed by atoms with Crippen molar-refractivity contribution in [3.8, 4) is 0 Å². The van der Waals surface area contributed by atoms with Crippen LogP contribution in [0.3, 0.4) is 0 Å². The summed E-state index contributed by atoms with van der Waals surface area (Å²) in [5.74, 6) is -0.330. The molecule has 0 spiro atoms. The number of sulfonamides is 1. The van der Waals surface area contributed by atoms with Crippen LogP contribution in [-0.4, -0.2) is 44.3 Å². The molecule has 0 bridgehead atoms. The fraction of sp³-hybridized carbons (Fsp3) is 0.448. The monoisotopic (exact) mass is 559 g/mol. The number of rotatable bonds is 13. The van der Waals surface area contributed by atoms with Crippen LogP contribution in [0, 0.1) is 0 Å². The molecule has 38 heavy (non-hydrogen) atoms. The van der Waals surface area contributed by atoms with Gasteiger partial charge < -0.3 is 10.2 Å². The Labute approximate surface area is 231 Å². The van der Waals surface area contributed by atoms with Gasteiger partial charge in [0, 0.05) is 31.1 Å². The number of nitrogens with zero attached hydrogens (tertiary/aromatic N) is 1. The van der Waals surface area contributed by atoms with Gasteiger partial charge in [-0.1, -0.05) is 54.4 Å². The van der Waals surface area contributed by atoms with Crippen molar-refractivity contribution in [3.63, 3.8) is 0 Å². The summed E-state index contributed by atoms with van der Waals surface area (Å²) in [4.78, 5) is 28.2. The summed E-state index contributed by atoms with van der Waals surface area (Å²) in [5, 5.41) is 3.61. The van der Waals surface area contributed by atoms with E-state index in [1.165, 1.54) is 18.4 Å². The largest absolute Gasteiger partial charge is 0.354 e. The third-order valence-corrected chi connectivity index (χ3v) is 8.57. The Morgan fingerprint density at radius 3 is 2.32 bits per heavy atom. The van der Waals surface area contributed by atoms with Crippen molar-refractivity contribution in [2.75, 3.05) is 13.1 Å². The van der Waals surface area contributed by atoms with Crippen LogP contribution in [0.5, 0.6) is 0 Å². The first-order valence-corrected chi connectivity index (χ1v) is 15.1. The number of hydrogen-bond acceptors (Lipinski definition) is 4. The second kappa shape index (κ2) is 14.5. The van der Waals surface area contributed by atoms with E-state index < -0.39 is 16.1 Å². The summed E-state index contributed by atoms with van der Waals surface area (Å²) < 4.78 is 26.8. The maximum absolute atomic E-state index is 13.4. The number of hydrogen-bond donors (Lipinski definition) is 2. The summed E-state index contributed by atoms with van der Waals surface area (Å²) in [5.41, 5.74) is 3.12. The summed E-state index contributed by atoms with van der Waals surface area (Å²) in [6.07, 6.45) is 8.37. The van der Waals surface area contributed by atoms with Crippen LogP contribution in [0.4, 0.5) is 0 Å². The second-order valence-electron chi connectivity index (χ2n) is 9.62. The van der Waals surface area contributed by atoms with E-state index in [9.17, 15) is 18.0 Å². The van der Waals surface area contributed by atoms with Gasteiger partial charge in [-0.3, -0.25) is 9.59 Å². The van der Waals surface area contributed by atoms with Gasteiger partial charge in [0.1, 0.15) is 6.04 Å². The van der Waals surface area contributed by atoms with E-state index in [0.717, 1.165) is 30.4 Å². The summed E-state index contributed by atoms with van der Waals surface area (Å²) in [7, 11) is -3.53. The van der Waals surface area contributed by atoms with E-state index in [4.69, 9.17) is 11.6 Å². The molecule has 7 nitrogen and oxygen atoms in total. The molecule has 9 heteroatoms. The van der Waals surface area contributed by atoms with E-state index in [1.54, 1.807) is 55.1 Å². The minimum absolute atomic E-state index is 0.151. The number of allylic oxidation sites excluding steroid dienone is 1. The van der Waals surface area contributed by atoms with Gasteiger partial charge in [-0.25, -0.2) is 13.1 Å². The van der Waals surface area contributed by atoms with Gasteiger partial charge >= 0.3 is 0 Å². The Balaban J connectivity index is 1.64. The lowest BCUT2D eigenvalue weighted by Gasteiger charge is -2.29. The van der Waals surface area contributed by atoms with Gasteiger partial charge in [-0.05, 0) is 80.8 Å². The highest BCUT2D eigenvalue weighted by molar-refractivity contribution is 7.89. The van der Waals surface area contributed by atoms with E-state index in [2.05, 4.69) is 16.1 Å². The van der Waals surface area contributed by atoms with Crippen molar-refractivity contribution >= 4 is 33.4 Å². The number of carbonyl (C=O) groups is 2. The van der Waals surface area contributed by atoms with Crippen LogP contribution < -0.4 is 10.0 Å². The van der Waals surface area contributed by atoms with E-state index in [1.807, 2.05) is 12.1 Å². The first-order chi connectivity index (χ1) is 18.2. The van der Waals surface area contributed by atoms with Crippen LogP contribution >= 0.6 is 11.6 Å². The van der Waals surface area contributed by atoms with E-state index in [0.29, 0.717) is 24.5 Å². The number of halogens is 1. The van der Waals surface area contributed by atoms with Crippen molar-refractivity contribution in [2.24, 2.45) is 0 Å². The van der Waals surface area contributed by atoms with Crippen molar-refractivity contribution in [1.82, 2.24) is 14.9 Å². The molecule has 2 aromatic rings. The predicted molar refractivity (Wildman–Crippen MR) is 151 cm³/mol. The number of nitrogens with one attached hydrogen (secondary N) is 2. The first-order valence-electron chi connectivity index (χ1n) is 13.3. The van der Waals surface area contributed by atoms with Crippen molar-refractivity contribution in [3.05, 3.63) is 76.3 Å².